The van der Waals surface area contributed by atoms with E-state index in [9.17, 15) is 9.59 Å². The summed E-state index contributed by atoms with van der Waals surface area (Å²) in [6.45, 7) is 0. The zero-order valence-electron chi connectivity index (χ0n) is 9.14. The Hall–Kier alpha value is -1.88. The number of carbonyl (C=O) groups excluding carboxylic acids is 1. The summed E-state index contributed by atoms with van der Waals surface area (Å²) in [4.78, 5) is 19.0. The topological polar surface area (TPSA) is 78.4 Å². The van der Waals surface area contributed by atoms with Crippen LogP contribution in [-0.4, -0.2) is 24.4 Å². The summed E-state index contributed by atoms with van der Waals surface area (Å²) >= 11 is 0. The van der Waals surface area contributed by atoms with Crippen LogP contribution in [0.3, 0.4) is 0 Å². The lowest BCUT2D eigenvalue weighted by atomic mass is 10.3. The van der Waals surface area contributed by atoms with Gasteiger partial charge in [-0.2, -0.15) is 0 Å². The number of carboxylic acids is 1. The zero-order chi connectivity index (χ0) is 12.2. The molecule has 1 aromatic carbocycles. The number of aldehydes is 1. The maximum absolute atomic E-state index is 9.60. The van der Waals surface area contributed by atoms with Crippen molar-refractivity contribution in [1.82, 2.24) is 5.43 Å². The normalized spacial score (nSPS) is 8.56. The van der Waals surface area contributed by atoms with E-state index in [0.29, 0.717) is 6.29 Å². The van der Waals surface area contributed by atoms with Crippen molar-refractivity contribution >= 4 is 17.9 Å². The highest BCUT2D eigenvalue weighted by atomic mass is 16.4. The lowest BCUT2D eigenvalue weighted by Crippen LogP contribution is -2.14. The van der Waals surface area contributed by atoms with Crippen LogP contribution in [0.4, 0.5) is 5.69 Å². The van der Waals surface area contributed by atoms with Crippen molar-refractivity contribution in [2.24, 2.45) is 0 Å². The molecule has 1 aromatic rings. The second-order valence-electron chi connectivity index (χ2n) is 2.84. The van der Waals surface area contributed by atoms with Gasteiger partial charge in [-0.25, -0.2) is 5.43 Å². The van der Waals surface area contributed by atoms with E-state index < -0.39 is 5.97 Å². The van der Waals surface area contributed by atoms with Crippen molar-refractivity contribution in [3.8, 4) is 0 Å². The van der Waals surface area contributed by atoms with E-state index in [1.165, 1.54) is 0 Å². The highest BCUT2D eigenvalue weighted by Gasteiger charge is 1.91. The van der Waals surface area contributed by atoms with E-state index in [0.717, 1.165) is 5.69 Å². The van der Waals surface area contributed by atoms with E-state index >= 15 is 0 Å². The van der Waals surface area contributed by atoms with E-state index in [-0.39, 0.29) is 12.8 Å². The van der Waals surface area contributed by atoms with Crippen LogP contribution in [0.2, 0.25) is 0 Å². The Morgan fingerprint density at radius 2 is 2.00 bits per heavy atom. The average Bonchev–Trinajstić information content (AvgIpc) is 2.29. The van der Waals surface area contributed by atoms with Gasteiger partial charge in [0.15, 0.2) is 0 Å². The second-order valence-corrected chi connectivity index (χ2v) is 2.84. The first-order chi connectivity index (χ1) is 7.70. The summed E-state index contributed by atoms with van der Waals surface area (Å²) < 4.78 is 0. The molecule has 0 aromatic heterocycles. The average molecular weight is 224 g/mol. The monoisotopic (exact) mass is 224 g/mol. The minimum atomic E-state index is -0.924. The van der Waals surface area contributed by atoms with Gasteiger partial charge in [-0.05, 0) is 12.1 Å². The van der Waals surface area contributed by atoms with Gasteiger partial charge in [0.1, 0.15) is 6.29 Å². The number of hydrogen-bond donors (Lipinski definition) is 3. The van der Waals surface area contributed by atoms with Crippen LogP contribution >= 0.6 is 0 Å². The van der Waals surface area contributed by atoms with Gasteiger partial charge in [-0.3, -0.25) is 4.79 Å². The number of hydrogen-bond acceptors (Lipinski definition) is 4. The molecule has 5 nitrogen and oxygen atoms in total. The Morgan fingerprint density at radius 1 is 1.38 bits per heavy atom. The molecule has 0 aliphatic heterocycles. The fourth-order valence-electron chi connectivity index (χ4n) is 0.848. The number of hydrazine groups is 1. The molecule has 0 aliphatic carbocycles. The quantitative estimate of drug-likeness (QED) is 0.518. The number of rotatable bonds is 5. The molecule has 0 bridgehead atoms. The van der Waals surface area contributed by atoms with Crippen LogP contribution in [0.1, 0.15) is 12.8 Å². The maximum Gasteiger partial charge on any atom is 0.303 e. The molecule has 0 fully saturated rings. The van der Waals surface area contributed by atoms with Crippen molar-refractivity contribution in [1.29, 1.82) is 0 Å². The van der Waals surface area contributed by atoms with Gasteiger partial charge in [0, 0.05) is 19.2 Å². The number of anilines is 1. The molecule has 0 saturated carbocycles. The van der Waals surface area contributed by atoms with Gasteiger partial charge < -0.3 is 15.3 Å². The molecule has 3 N–H and O–H groups in total. The molecule has 16 heavy (non-hydrogen) atoms. The van der Waals surface area contributed by atoms with E-state index in [1.54, 1.807) is 0 Å². The van der Waals surface area contributed by atoms with Gasteiger partial charge in [0.2, 0.25) is 0 Å². The highest BCUT2D eigenvalue weighted by molar-refractivity contribution is 5.70. The van der Waals surface area contributed by atoms with Crippen LogP contribution in [-0.2, 0) is 9.59 Å². The fraction of sp³-hybridized carbons (Fsp3) is 0.273. The van der Waals surface area contributed by atoms with Gasteiger partial charge in [-0.1, -0.05) is 18.2 Å². The molecular formula is C11H16N2O3. The third-order valence-corrected chi connectivity index (χ3v) is 1.52. The summed E-state index contributed by atoms with van der Waals surface area (Å²) in [5, 5.41) is 7.89. The Kier molecular flexibility index (Phi) is 8.53. The molecule has 0 heterocycles. The number of carbonyl (C=O) groups is 2. The van der Waals surface area contributed by atoms with Crippen LogP contribution in [0.15, 0.2) is 30.3 Å². The highest BCUT2D eigenvalue weighted by Crippen LogP contribution is 2.01. The zero-order valence-corrected chi connectivity index (χ0v) is 9.14. The lowest BCUT2D eigenvalue weighted by molar-refractivity contribution is -0.137. The second kappa shape index (κ2) is 9.67. The molecule has 0 spiro atoms. The molecular weight excluding hydrogens is 208 g/mol. The predicted molar refractivity (Wildman–Crippen MR) is 62.1 cm³/mol. The SMILES string of the molecule is CNNc1ccccc1.O=CCCC(=O)O. The predicted octanol–water partition coefficient (Wildman–Crippen LogP) is 1.28. The van der Waals surface area contributed by atoms with Crippen LogP contribution in [0, 0.1) is 0 Å². The molecule has 0 unspecified atom stereocenters. The summed E-state index contributed by atoms with van der Waals surface area (Å²) in [6, 6.07) is 9.95. The molecule has 0 radical (unpaired) electrons. The van der Waals surface area contributed by atoms with Crippen LogP contribution in [0.5, 0.6) is 0 Å². The van der Waals surface area contributed by atoms with Crippen molar-refractivity contribution in [2.75, 3.05) is 12.5 Å². The van der Waals surface area contributed by atoms with Gasteiger partial charge >= 0.3 is 5.97 Å². The van der Waals surface area contributed by atoms with E-state index in [2.05, 4.69) is 10.9 Å². The Bertz CT molecular complexity index is 301. The summed E-state index contributed by atoms with van der Waals surface area (Å²) in [5.41, 5.74) is 6.87. The first-order valence-corrected chi connectivity index (χ1v) is 4.84. The molecule has 88 valence electrons. The number of aliphatic carboxylic acids is 1. The number of carboxylic acid groups (broad SMARTS) is 1. The van der Waals surface area contributed by atoms with Gasteiger partial charge in [-0.15, -0.1) is 0 Å². The first kappa shape index (κ1) is 14.1. The van der Waals surface area contributed by atoms with Crippen LogP contribution < -0.4 is 10.9 Å². The summed E-state index contributed by atoms with van der Waals surface area (Å²) in [7, 11) is 1.84. The first-order valence-electron chi connectivity index (χ1n) is 4.84. The Balaban J connectivity index is 0.000000293. The van der Waals surface area contributed by atoms with Crippen molar-refractivity contribution < 1.29 is 14.7 Å². The third-order valence-electron chi connectivity index (χ3n) is 1.52. The largest absolute Gasteiger partial charge is 0.481 e. The Morgan fingerprint density at radius 3 is 2.38 bits per heavy atom. The molecule has 0 atom stereocenters. The molecule has 0 saturated heterocycles. The standard InChI is InChI=1S/C7H10N2.C4H6O3/c1-8-9-7-5-3-2-4-6-7;5-3-1-2-4(6)7/h2-6,8-9H,1H3;3H,1-2H2,(H,6,7). The minimum Gasteiger partial charge on any atom is -0.481 e. The Labute approximate surface area is 94.4 Å². The smallest absolute Gasteiger partial charge is 0.303 e. The lowest BCUT2D eigenvalue weighted by Gasteiger charge is -2.00. The van der Waals surface area contributed by atoms with Crippen molar-refractivity contribution in [3.63, 3.8) is 0 Å². The fourth-order valence-corrected chi connectivity index (χ4v) is 0.848. The molecule has 1 rings (SSSR count). The molecule has 0 amide bonds. The summed E-state index contributed by atoms with van der Waals surface area (Å²) in [5.74, 6) is -0.924. The van der Waals surface area contributed by atoms with Gasteiger partial charge in [0.25, 0.3) is 0 Å². The van der Waals surface area contributed by atoms with E-state index in [1.807, 2.05) is 37.4 Å². The minimum absolute atomic E-state index is 0.0521. The number of nitrogens with one attached hydrogen (secondary N) is 2. The number of para-hydroxylation sites is 1. The van der Waals surface area contributed by atoms with Crippen molar-refractivity contribution in [3.05, 3.63) is 30.3 Å². The van der Waals surface area contributed by atoms with Gasteiger partial charge in [0.05, 0.1) is 6.42 Å². The van der Waals surface area contributed by atoms with Crippen LogP contribution in [0.25, 0.3) is 0 Å². The number of benzene rings is 1. The molecule has 0 aliphatic rings. The summed E-state index contributed by atoms with van der Waals surface area (Å²) in [6.07, 6.45) is 0.660. The molecule has 5 heteroatoms. The maximum atomic E-state index is 9.60. The third kappa shape index (κ3) is 8.71. The van der Waals surface area contributed by atoms with Crippen molar-refractivity contribution in [2.45, 2.75) is 12.8 Å². The van der Waals surface area contributed by atoms with E-state index in [4.69, 9.17) is 5.11 Å².